The van der Waals surface area contributed by atoms with E-state index in [1.54, 1.807) is 0 Å². The van der Waals surface area contributed by atoms with Crippen LogP contribution in [0.4, 0.5) is 0 Å². The predicted octanol–water partition coefficient (Wildman–Crippen LogP) is 3.27. The van der Waals surface area contributed by atoms with Crippen LogP contribution >= 0.6 is 12.2 Å². The van der Waals surface area contributed by atoms with Crippen LogP contribution in [0, 0.1) is 6.92 Å². The van der Waals surface area contributed by atoms with E-state index >= 15 is 0 Å². The zero-order valence-corrected chi connectivity index (χ0v) is 16.9. The first-order valence-electron chi connectivity index (χ1n) is 9.31. The number of thiocarbonyl (C=S) groups is 1. The SMILES string of the molecule is Cc1ccc2cc(CN(CCO)C(=S)N[C@@H](C)c3ccccc3)c(=O)[nH]c2c1. The summed E-state index contributed by atoms with van der Waals surface area (Å²) in [5.41, 5.74) is 3.51. The second-order valence-corrected chi connectivity index (χ2v) is 7.33. The molecular formula is C22H25N3O2S. The van der Waals surface area contributed by atoms with Crippen LogP contribution in [-0.2, 0) is 6.54 Å². The zero-order valence-electron chi connectivity index (χ0n) is 16.1. The molecular weight excluding hydrogens is 370 g/mol. The van der Waals surface area contributed by atoms with Crippen molar-refractivity contribution in [3.05, 3.63) is 81.6 Å². The highest BCUT2D eigenvalue weighted by molar-refractivity contribution is 7.80. The third-order valence-electron chi connectivity index (χ3n) is 4.74. The molecule has 0 fully saturated rings. The Morgan fingerprint density at radius 3 is 2.68 bits per heavy atom. The molecule has 1 atom stereocenters. The second kappa shape index (κ2) is 8.99. The number of pyridine rings is 1. The lowest BCUT2D eigenvalue weighted by atomic mass is 10.1. The molecule has 0 aliphatic carbocycles. The normalized spacial score (nSPS) is 12.0. The molecule has 0 saturated carbocycles. The second-order valence-electron chi connectivity index (χ2n) is 6.94. The van der Waals surface area contributed by atoms with Crippen molar-refractivity contribution in [2.24, 2.45) is 0 Å². The van der Waals surface area contributed by atoms with Crippen molar-refractivity contribution in [3.8, 4) is 0 Å². The van der Waals surface area contributed by atoms with E-state index in [1.165, 1.54) is 0 Å². The molecule has 1 aromatic heterocycles. The summed E-state index contributed by atoms with van der Waals surface area (Å²) >= 11 is 5.56. The fourth-order valence-electron chi connectivity index (χ4n) is 3.16. The number of hydrogen-bond donors (Lipinski definition) is 3. The van der Waals surface area contributed by atoms with Crippen LogP contribution < -0.4 is 10.9 Å². The van der Waals surface area contributed by atoms with Crippen LogP contribution in [0.3, 0.4) is 0 Å². The Morgan fingerprint density at radius 1 is 1.21 bits per heavy atom. The maximum absolute atomic E-state index is 12.5. The highest BCUT2D eigenvalue weighted by Gasteiger charge is 2.15. The Balaban J connectivity index is 1.79. The molecule has 3 aromatic rings. The highest BCUT2D eigenvalue weighted by Crippen LogP contribution is 2.15. The molecule has 3 rings (SSSR count). The van der Waals surface area contributed by atoms with Crippen LogP contribution in [0.5, 0.6) is 0 Å². The van der Waals surface area contributed by atoms with E-state index in [1.807, 2.05) is 73.3 Å². The van der Waals surface area contributed by atoms with E-state index in [-0.39, 0.29) is 18.2 Å². The number of rotatable bonds is 6. The molecule has 0 saturated heterocycles. The number of aromatic nitrogens is 1. The summed E-state index contributed by atoms with van der Waals surface area (Å²) in [5.74, 6) is 0. The van der Waals surface area contributed by atoms with Gasteiger partial charge >= 0.3 is 0 Å². The standard InChI is InChI=1S/C22H25N3O2S/c1-15-8-9-18-13-19(21(27)24-20(18)12-15)14-25(10-11-26)22(28)23-16(2)17-6-4-3-5-7-17/h3-9,12-13,16,26H,10-11,14H2,1-2H3,(H,23,28)(H,24,27)/t16-/m0/s1. The molecule has 0 aliphatic rings. The van der Waals surface area contributed by atoms with Gasteiger partial charge in [0.05, 0.1) is 19.2 Å². The number of nitrogens with zero attached hydrogens (tertiary/aromatic N) is 1. The van der Waals surface area contributed by atoms with E-state index in [2.05, 4.69) is 10.3 Å². The first-order valence-corrected chi connectivity index (χ1v) is 9.72. The van der Waals surface area contributed by atoms with Gasteiger partial charge < -0.3 is 20.3 Å². The van der Waals surface area contributed by atoms with E-state index < -0.39 is 0 Å². The van der Waals surface area contributed by atoms with Crippen molar-refractivity contribution in [2.45, 2.75) is 26.4 Å². The monoisotopic (exact) mass is 395 g/mol. The van der Waals surface area contributed by atoms with Crippen LogP contribution in [-0.4, -0.2) is 33.3 Å². The molecule has 0 amide bonds. The number of H-pyrrole nitrogens is 1. The molecule has 0 radical (unpaired) electrons. The number of aryl methyl sites for hydroxylation is 1. The maximum atomic E-state index is 12.5. The predicted molar refractivity (Wildman–Crippen MR) is 117 cm³/mol. The van der Waals surface area contributed by atoms with Gasteiger partial charge in [-0.1, -0.05) is 42.5 Å². The maximum Gasteiger partial charge on any atom is 0.253 e. The molecule has 5 nitrogen and oxygen atoms in total. The quantitative estimate of drug-likeness (QED) is 0.559. The smallest absolute Gasteiger partial charge is 0.253 e. The molecule has 0 bridgehead atoms. The minimum atomic E-state index is -0.139. The molecule has 2 aromatic carbocycles. The minimum Gasteiger partial charge on any atom is -0.395 e. The van der Waals surface area contributed by atoms with E-state index in [9.17, 15) is 9.90 Å². The fraction of sp³-hybridized carbons (Fsp3) is 0.273. The lowest BCUT2D eigenvalue weighted by molar-refractivity contribution is 0.244. The largest absolute Gasteiger partial charge is 0.395 e. The number of benzene rings is 2. The average molecular weight is 396 g/mol. The fourth-order valence-corrected chi connectivity index (χ4v) is 3.49. The number of aromatic amines is 1. The number of nitrogens with one attached hydrogen (secondary N) is 2. The van der Waals surface area contributed by atoms with Crippen molar-refractivity contribution in [3.63, 3.8) is 0 Å². The minimum absolute atomic E-state index is 0.0211. The van der Waals surface area contributed by atoms with Gasteiger partial charge in [-0.15, -0.1) is 0 Å². The van der Waals surface area contributed by atoms with Crippen LogP contribution in [0.25, 0.3) is 10.9 Å². The number of aliphatic hydroxyl groups excluding tert-OH is 1. The molecule has 0 spiro atoms. The van der Waals surface area contributed by atoms with Crippen molar-refractivity contribution >= 4 is 28.2 Å². The lowest BCUT2D eigenvalue weighted by Gasteiger charge is -2.27. The zero-order chi connectivity index (χ0) is 20.1. The summed E-state index contributed by atoms with van der Waals surface area (Å²) in [5, 5.41) is 14.3. The highest BCUT2D eigenvalue weighted by atomic mass is 32.1. The van der Waals surface area contributed by atoms with Gasteiger partial charge in [0, 0.05) is 17.6 Å². The van der Waals surface area contributed by atoms with Gasteiger partial charge in [-0.05, 0) is 54.7 Å². The lowest BCUT2D eigenvalue weighted by Crippen LogP contribution is -2.42. The summed E-state index contributed by atoms with van der Waals surface area (Å²) in [4.78, 5) is 17.3. The Bertz CT molecular complexity index is 1020. The van der Waals surface area contributed by atoms with Gasteiger partial charge in [0.1, 0.15) is 0 Å². The van der Waals surface area contributed by atoms with Gasteiger partial charge in [0.2, 0.25) is 0 Å². The Morgan fingerprint density at radius 2 is 1.96 bits per heavy atom. The topological polar surface area (TPSA) is 68.4 Å². The van der Waals surface area contributed by atoms with E-state index in [0.717, 1.165) is 22.0 Å². The molecule has 1 heterocycles. The van der Waals surface area contributed by atoms with E-state index in [4.69, 9.17) is 12.2 Å². The van der Waals surface area contributed by atoms with Crippen LogP contribution in [0.1, 0.15) is 29.7 Å². The molecule has 28 heavy (non-hydrogen) atoms. The van der Waals surface area contributed by atoms with Crippen molar-refractivity contribution in [1.82, 2.24) is 15.2 Å². The van der Waals surface area contributed by atoms with Gasteiger partial charge in [-0.2, -0.15) is 0 Å². The summed E-state index contributed by atoms with van der Waals surface area (Å²) in [6, 6.07) is 17.9. The van der Waals surface area contributed by atoms with Crippen molar-refractivity contribution < 1.29 is 5.11 Å². The molecule has 0 unspecified atom stereocenters. The average Bonchev–Trinajstić information content (AvgIpc) is 2.68. The van der Waals surface area contributed by atoms with Crippen molar-refractivity contribution in [2.75, 3.05) is 13.2 Å². The Labute approximate surface area is 170 Å². The van der Waals surface area contributed by atoms with Gasteiger partial charge in [-0.3, -0.25) is 4.79 Å². The summed E-state index contributed by atoms with van der Waals surface area (Å²) in [7, 11) is 0. The molecule has 0 aliphatic heterocycles. The Kier molecular flexibility index (Phi) is 6.44. The molecule has 6 heteroatoms. The number of fused-ring (bicyclic) bond motifs is 1. The van der Waals surface area contributed by atoms with Crippen LogP contribution in [0.15, 0.2) is 59.4 Å². The van der Waals surface area contributed by atoms with Gasteiger partial charge in [-0.25, -0.2) is 0 Å². The molecule has 146 valence electrons. The summed E-state index contributed by atoms with van der Waals surface area (Å²) in [6.45, 7) is 4.65. The third-order valence-corrected chi connectivity index (χ3v) is 5.11. The molecule has 3 N–H and O–H groups in total. The number of hydrogen-bond acceptors (Lipinski definition) is 3. The van der Waals surface area contributed by atoms with Gasteiger partial charge in [0.15, 0.2) is 5.11 Å². The van der Waals surface area contributed by atoms with Gasteiger partial charge in [0.25, 0.3) is 5.56 Å². The summed E-state index contributed by atoms with van der Waals surface area (Å²) in [6.07, 6.45) is 0. The van der Waals surface area contributed by atoms with Crippen LogP contribution in [0.2, 0.25) is 0 Å². The van der Waals surface area contributed by atoms with E-state index in [0.29, 0.717) is 23.8 Å². The third kappa shape index (κ3) is 4.77. The Hall–Kier alpha value is -2.70. The van der Waals surface area contributed by atoms with Crippen molar-refractivity contribution in [1.29, 1.82) is 0 Å². The number of aliphatic hydroxyl groups is 1. The summed E-state index contributed by atoms with van der Waals surface area (Å²) < 4.78 is 0. The first kappa shape index (κ1) is 20.0. The first-order chi connectivity index (χ1) is 13.5.